The normalized spacial score (nSPS) is 23.4. The van der Waals surface area contributed by atoms with Crippen LogP contribution in [0, 0.1) is 0 Å². The van der Waals surface area contributed by atoms with Crippen LogP contribution in [0.15, 0.2) is 17.5 Å². The zero-order valence-electron chi connectivity index (χ0n) is 11.6. The summed E-state index contributed by atoms with van der Waals surface area (Å²) in [6.07, 6.45) is 0.323. The number of hydrogen-bond acceptors (Lipinski definition) is 4. The highest BCUT2D eigenvalue weighted by Gasteiger charge is 2.22. The number of hydrogen-bond donors (Lipinski definition) is 1. The molecular formula is C14H24N2OS. The molecule has 0 radical (unpaired) electrons. The third-order valence-corrected chi connectivity index (χ3v) is 4.58. The lowest BCUT2D eigenvalue weighted by Crippen LogP contribution is -2.49. The van der Waals surface area contributed by atoms with Gasteiger partial charge in [-0.15, -0.1) is 11.3 Å². The van der Waals surface area contributed by atoms with Crippen molar-refractivity contribution in [3.63, 3.8) is 0 Å². The first kappa shape index (κ1) is 14.0. The SMILES string of the molecule is CC(NCC1CN(C(C)C)CCO1)c1cccs1. The van der Waals surface area contributed by atoms with Gasteiger partial charge in [-0.1, -0.05) is 6.07 Å². The average Bonchev–Trinajstić information content (AvgIpc) is 2.90. The average molecular weight is 268 g/mol. The maximum atomic E-state index is 5.83. The quantitative estimate of drug-likeness (QED) is 0.888. The second-order valence-electron chi connectivity index (χ2n) is 5.23. The zero-order valence-corrected chi connectivity index (χ0v) is 12.4. The Kier molecular flexibility index (Phi) is 5.18. The highest BCUT2D eigenvalue weighted by atomic mass is 32.1. The summed E-state index contributed by atoms with van der Waals surface area (Å²) in [5.74, 6) is 0. The van der Waals surface area contributed by atoms with Crippen LogP contribution in [0.1, 0.15) is 31.7 Å². The van der Waals surface area contributed by atoms with E-state index in [0.29, 0.717) is 18.2 Å². The van der Waals surface area contributed by atoms with Crippen LogP contribution in [0.2, 0.25) is 0 Å². The lowest BCUT2D eigenvalue weighted by molar-refractivity contribution is -0.0379. The van der Waals surface area contributed by atoms with Gasteiger partial charge in [0.05, 0.1) is 12.7 Å². The first-order valence-electron chi connectivity index (χ1n) is 6.79. The molecule has 2 unspecified atom stereocenters. The summed E-state index contributed by atoms with van der Waals surface area (Å²) >= 11 is 1.81. The first-order chi connectivity index (χ1) is 8.66. The van der Waals surface area contributed by atoms with E-state index < -0.39 is 0 Å². The van der Waals surface area contributed by atoms with Gasteiger partial charge in [0.2, 0.25) is 0 Å². The number of morpholine rings is 1. The summed E-state index contributed by atoms with van der Waals surface area (Å²) in [6, 6.07) is 5.33. The zero-order chi connectivity index (χ0) is 13.0. The molecule has 1 saturated heterocycles. The topological polar surface area (TPSA) is 24.5 Å². The summed E-state index contributed by atoms with van der Waals surface area (Å²) in [7, 11) is 0. The minimum absolute atomic E-state index is 0.323. The maximum absolute atomic E-state index is 5.83. The molecule has 2 rings (SSSR count). The van der Waals surface area contributed by atoms with E-state index in [9.17, 15) is 0 Å². The summed E-state index contributed by atoms with van der Waals surface area (Å²) in [4.78, 5) is 3.89. The van der Waals surface area contributed by atoms with Crippen molar-refractivity contribution in [2.24, 2.45) is 0 Å². The number of nitrogens with one attached hydrogen (secondary N) is 1. The van der Waals surface area contributed by atoms with Gasteiger partial charge in [0.15, 0.2) is 0 Å². The van der Waals surface area contributed by atoms with E-state index in [4.69, 9.17) is 4.74 Å². The van der Waals surface area contributed by atoms with Crippen LogP contribution >= 0.6 is 11.3 Å². The molecule has 2 atom stereocenters. The van der Waals surface area contributed by atoms with Crippen molar-refractivity contribution in [2.45, 2.75) is 39.0 Å². The summed E-state index contributed by atoms with van der Waals surface area (Å²) in [5, 5.41) is 5.70. The molecule has 1 aliphatic heterocycles. The van der Waals surface area contributed by atoms with Gasteiger partial charge in [0.25, 0.3) is 0 Å². The molecule has 1 aliphatic rings. The largest absolute Gasteiger partial charge is 0.374 e. The molecule has 1 aromatic rings. The second kappa shape index (κ2) is 6.66. The minimum atomic E-state index is 0.323. The van der Waals surface area contributed by atoms with Crippen molar-refractivity contribution in [1.29, 1.82) is 0 Å². The van der Waals surface area contributed by atoms with Gasteiger partial charge in [-0.25, -0.2) is 0 Å². The molecule has 0 saturated carbocycles. The third-order valence-electron chi connectivity index (χ3n) is 3.52. The lowest BCUT2D eigenvalue weighted by Gasteiger charge is -2.36. The van der Waals surface area contributed by atoms with Gasteiger partial charge < -0.3 is 10.1 Å². The van der Waals surface area contributed by atoms with E-state index in [2.05, 4.69) is 48.5 Å². The van der Waals surface area contributed by atoms with E-state index in [0.717, 1.165) is 26.2 Å². The van der Waals surface area contributed by atoms with Crippen molar-refractivity contribution in [1.82, 2.24) is 10.2 Å². The third kappa shape index (κ3) is 3.79. The number of thiophene rings is 1. The summed E-state index contributed by atoms with van der Waals surface area (Å²) < 4.78 is 5.83. The molecule has 18 heavy (non-hydrogen) atoms. The summed E-state index contributed by atoms with van der Waals surface area (Å²) in [6.45, 7) is 10.6. The Hall–Kier alpha value is -0.420. The Bertz CT molecular complexity index is 340. The minimum Gasteiger partial charge on any atom is -0.374 e. The molecule has 2 heterocycles. The van der Waals surface area contributed by atoms with Crippen LogP contribution in [0.4, 0.5) is 0 Å². The van der Waals surface area contributed by atoms with E-state index in [-0.39, 0.29) is 0 Å². The highest BCUT2D eigenvalue weighted by Crippen LogP contribution is 2.18. The van der Waals surface area contributed by atoms with Gasteiger partial charge in [0, 0.05) is 36.6 Å². The van der Waals surface area contributed by atoms with Crippen LogP contribution in [-0.2, 0) is 4.74 Å². The molecule has 0 aliphatic carbocycles. The molecule has 1 N–H and O–H groups in total. The standard InChI is InChI=1S/C14H24N2OS/c1-11(2)16-6-7-17-13(10-16)9-15-12(3)14-5-4-8-18-14/h4-5,8,11-13,15H,6-7,9-10H2,1-3H3. The van der Waals surface area contributed by atoms with Crippen LogP contribution in [0.3, 0.4) is 0 Å². The van der Waals surface area contributed by atoms with E-state index in [1.54, 1.807) is 0 Å². The van der Waals surface area contributed by atoms with E-state index in [1.807, 2.05) is 11.3 Å². The number of ether oxygens (including phenoxy) is 1. The van der Waals surface area contributed by atoms with Crippen LogP contribution < -0.4 is 5.32 Å². The molecule has 3 nitrogen and oxygen atoms in total. The molecular weight excluding hydrogens is 244 g/mol. The Morgan fingerprint density at radius 3 is 3.00 bits per heavy atom. The molecule has 1 aromatic heterocycles. The fourth-order valence-corrected chi connectivity index (χ4v) is 3.04. The number of rotatable bonds is 5. The van der Waals surface area contributed by atoms with E-state index >= 15 is 0 Å². The first-order valence-corrected chi connectivity index (χ1v) is 7.67. The van der Waals surface area contributed by atoms with Crippen molar-refractivity contribution in [2.75, 3.05) is 26.2 Å². The molecule has 1 fully saturated rings. The van der Waals surface area contributed by atoms with Gasteiger partial charge >= 0.3 is 0 Å². The Morgan fingerprint density at radius 2 is 2.33 bits per heavy atom. The van der Waals surface area contributed by atoms with Crippen molar-refractivity contribution in [3.05, 3.63) is 22.4 Å². The maximum Gasteiger partial charge on any atom is 0.0827 e. The molecule has 0 spiro atoms. The molecule has 102 valence electrons. The number of nitrogens with zero attached hydrogens (tertiary/aromatic N) is 1. The Labute approximate surface area is 114 Å². The van der Waals surface area contributed by atoms with Crippen molar-refractivity contribution >= 4 is 11.3 Å². The molecule has 0 aromatic carbocycles. The molecule has 4 heteroatoms. The fourth-order valence-electron chi connectivity index (χ4n) is 2.28. The van der Waals surface area contributed by atoms with E-state index in [1.165, 1.54) is 4.88 Å². The van der Waals surface area contributed by atoms with Crippen LogP contribution in [0.5, 0.6) is 0 Å². The molecule has 0 bridgehead atoms. The van der Waals surface area contributed by atoms with Crippen LogP contribution in [-0.4, -0.2) is 43.3 Å². The van der Waals surface area contributed by atoms with Crippen LogP contribution in [0.25, 0.3) is 0 Å². The van der Waals surface area contributed by atoms with Gasteiger partial charge in [-0.05, 0) is 32.2 Å². The lowest BCUT2D eigenvalue weighted by atomic mass is 10.2. The van der Waals surface area contributed by atoms with Gasteiger partial charge in [0.1, 0.15) is 0 Å². The predicted octanol–water partition coefficient (Wildman–Crippen LogP) is 2.51. The summed E-state index contributed by atoms with van der Waals surface area (Å²) in [5.41, 5.74) is 0. The monoisotopic (exact) mass is 268 g/mol. The Morgan fingerprint density at radius 1 is 1.50 bits per heavy atom. The smallest absolute Gasteiger partial charge is 0.0827 e. The highest BCUT2D eigenvalue weighted by molar-refractivity contribution is 7.10. The van der Waals surface area contributed by atoms with Gasteiger partial charge in [-0.3, -0.25) is 4.90 Å². The predicted molar refractivity (Wildman–Crippen MR) is 77.2 cm³/mol. The second-order valence-corrected chi connectivity index (χ2v) is 6.21. The Balaban J connectivity index is 1.76. The fraction of sp³-hybridized carbons (Fsp3) is 0.714. The van der Waals surface area contributed by atoms with Gasteiger partial charge in [-0.2, -0.15) is 0 Å². The van der Waals surface area contributed by atoms with Crippen molar-refractivity contribution < 1.29 is 4.74 Å². The van der Waals surface area contributed by atoms with Crippen molar-refractivity contribution in [3.8, 4) is 0 Å². The molecule has 0 amide bonds.